The number of ether oxygens (including phenoxy) is 1. The maximum Gasteiger partial charge on any atom is 0.324 e. The third kappa shape index (κ3) is 13.8. The van der Waals surface area contributed by atoms with Gasteiger partial charge in [-0.15, -0.1) is 0 Å². The number of hydrogen-bond donors (Lipinski definition) is 7. The highest BCUT2D eigenvalue weighted by Crippen LogP contribution is 2.08. The molecule has 0 aliphatic heterocycles. The lowest BCUT2D eigenvalue weighted by molar-refractivity contribution is -0.147. The molecule has 0 unspecified atom stereocenters. The lowest BCUT2D eigenvalue weighted by Gasteiger charge is -2.25. The van der Waals surface area contributed by atoms with Crippen LogP contribution in [0.2, 0.25) is 0 Å². The maximum absolute atomic E-state index is 13.4. The Hall–Kier alpha value is -3.72. The minimum absolute atomic E-state index is 0.190. The number of amides is 3. The molecule has 234 valence electrons. The number of ketones is 2. The van der Waals surface area contributed by atoms with Gasteiger partial charge >= 0.3 is 5.97 Å². The van der Waals surface area contributed by atoms with E-state index in [1.165, 1.54) is 0 Å². The molecule has 0 radical (unpaired) electrons. The first-order chi connectivity index (χ1) is 20.0. The number of benzene rings is 1. The van der Waals surface area contributed by atoms with Gasteiger partial charge in [-0.3, -0.25) is 28.8 Å². The van der Waals surface area contributed by atoms with E-state index in [1.807, 2.05) is 37.3 Å². The SMILES string of the molecule is CCCOC(=O)[C@H](CCCCN)NN[C@@H](CC(N)=O)C(=O)C(=O)[C@H](CCC(N)=O)NC(=O)[C@H](Cc1ccccc1)NC. The van der Waals surface area contributed by atoms with Gasteiger partial charge in [0.2, 0.25) is 29.3 Å². The zero-order valence-electron chi connectivity index (χ0n) is 24.4. The van der Waals surface area contributed by atoms with Gasteiger partial charge in [-0.25, -0.2) is 10.9 Å². The molecule has 0 aliphatic rings. The van der Waals surface area contributed by atoms with E-state index in [1.54, 1.807) is 7.05 Å². The van der Waals surface area contributed by atoms with Crippen molar-refractivity contribution < 1.29 is 33.5 Å². The molecule has 1 aromatic carbocycles. The number of likely N-dealkylation sites (N-methyl/N-ethyl adjacent to an activating group) is 1. The van der Waals surface area contributed by atoms with E-state index in [0.717, 1.165) is 5.56 Å². The molecule has 0 bridgehead atoms. The van der Waals surface area contributed by atoms with E-state index < -0.39 is 65.8 Å². The zero-order chi connectivity index (χ0) is 31.5. The van der Waals surface area contributed by atoms with Gasteiger partial charge in [0.05, 0.1) is 31.2 Å². The number of hydrazine groups is 1. The summed E-state index contributed by atoms with van der Waals surface area (Å²) in [6, 6.07) is 4.63. The highest BCUT2D eigenvalue weighted by atomic mass is 16.5. The Morgan fingerprint density at radius 2 is 1.48 bits per heavy atom. The fraction of sp³-hybridized carbons (Fsp3) is 0.571. The summed E-state index contributed by atoms with van der Waals surface area (Å²) in [6.45, 7) is 2.44. The molecule has 0 aromatic heterocycles. The molecule has 0 fully saturated rings. The van der Waals surface area contributed by atoms with Crippen molar-refractivity contribution in [3.05, 3.63) is 35.9 Å². The normalized spacial score (nSPS) is 13.8. The lowest BCUT2D eigenvalue weighted by Crippen LogP contribution is -2.58. The molecule has 0 saturated heterocycles. The lowest BCUT2D eigenvalue weighted by atomic mass is 9.96. The Labute approximate surface area is 246 Å². The maximum atomic E-state index is 13.4. The molecule has 0 aliphatic carbocycles. The van der Waals surface area contributed by atoms with E-state index in [4.69, 9.17) is 21.9 Å². The number of unbranched alkanes of at least 4 members (excludes halogenated alkanes) is 1. The third-order valence-corrected chi connectivity index (χ3v) is 6.34. The summed E-state index contributed by atoms with van der Waals surface area (Å²) >= 11 is 0. The number of hydrogen-bond acceptors (Lipinski definition) is 11. The van der Waals surface area contributed by atoms with Crippen LogP contribution in [0, 0.1) is 0 Å². The Kier molecular flexibility index (Phi) is 17.5. The van der Waals surface area contributed by atoms with Gasteiger partial charge < -0.3 is 32.6 Å². The molecule has 0 saturated carbocycles. The Bertz CT molecular complexity index is 1040. The Morgan fingerprint density at radius 3 is 2.05 bits per heavy atom. The molecule has 14 nitrogen and oxygen atoms in total. The quantitative estimate of drug-likeness (QED) is 0.0334. The highest BCUT2D eigenvalue weighted by Gasteiger charge is 2.35. The molecule has 1 rings (SSSR count). The highest BCUT2D eigenvalue weighted by molar-refractivity contribution is 6.41. The van der Waals surface area contributed by atoms with Crippen molar-refractivity contribution in [2.75, 3.05) is 20.2 Å². The molecule has 14 heteroatoms. The van der Waals surface area contributed by atoms with Crippen LogP contribution < -0.4 is 38.7 Å². The molecule has 1 aromatic rings. The minimum Gasteiger partial charge on any atom is -0.465 e. The number of Topliss-reactive ketones (excluding diaryl/α,β-unsaturated/α-hetero) is 2. The van der Waals surface area contributed by atoms with Gasteiger partial charge in [0.25, 0.3) is 0 Å². The second-order valence-electron chi connectivity index (χ2n) is 9.84. The third-order valence-electron chi connectivity index (χ3n) is 6.34. The van der Waals surface area contributed by atoms with E-state index in [-0.39, 0.29) is 19.4 Å². The van der Waals surface area contributed by atoms with Crippen molar-refractivity contribution in [1.82, 2.24) is 21.5 Å². The van der Waals surface area contributed by atoms with Gasteiger partial charge in [0, 0.05) is 6.42 Å². The van der Waals surface area contributed by atoms with Crippen LogP contribution in [0.3, 0.4) is 0 Å². The average Bonchev–Trinajstić information content (AvgIpc) is 2.97. The predicted octanol–water partition coefficient (Wildman–Crippen LogP) is -1.51. The van der Waals surface area contributed by atoms with Crippen LogP contribution in [0.15, 0.2) is 30.3 Å². The van der Waals surface area contributed by atoms with Crippen LogP contribution in [-0.4, -0.2) is 79.6 Å². The fourth-order valence-electron chi connectivity index (χ4n) is 4.00. The predicted molar refractivity (Wildman–Crippen MR) is 155 cm³/mol. The first-order valence-corrected chi connectivity index (χ1v) is 14.1. The van der Waals surface area contributed by atoms with Crippen molar-refractivity contribution in [2.24, 2.45) is 17.2 Å². The number of carbonyl (C=O) groups excluding carboxylic acids is 6. The van der Waals surface area contributed by atoms with Gasteiger partial charge in [-0.1, -0.05) is 37.3 Å². The number of nitrogens with two attached hydrogens (primary N) is 3. The largest absolute Gasteiger partial charge is 0.465 e. The summed E-state index contributed by atoms with van der Waals surface area (Å²) in [5, 5.41) is 5.42. The van der Waals surface area contributed by atoms with Crippen LogP contribution in [-0.2, 0) is 39.9 Å². The summed E-state index contributed by atoms with van der Waals surface area (Å²) < 4.78 is 5.20. The number of rotatable bonds is 23. The van der Waals surface area contributed by atoms with Crippen molar-refractivity contribution in [3.63, 3.8) is 0 Å². The average molecular weight is 592 g/mol. The van der Waals surface area contributed by atoms with Crippen LogP contribution in [0.1, 0.15) is 57.4 Å². The smallest absolute Gasteiger partial charge is 0.324 e. The van der Waals surface area contributed by atoms with E-state index in [0.29, 0.717) is 38.6 Å². The Balaban J connectivity index is 3.10. The second kappa shape index (κ2) is 20.2. The molecular formula is C28H45N7O7. The zero-order valence-corrected chi connectivity index (χ0v) is 24.4. The number of carbonyl (C=O) groups is 6. The summed E-state index contributed by atoms with van der Waals surface area (Å²) in [4.78, 5) is 75.6. The van der Waals surface area contributed by atoms with Gasteiger partial charge in [-0.05, 0) is 57.7 Å². The summed E-state index contributed by atoms with van der Waals surface area (Å²) in [7, 11) is 1.58. The standard InChI is InChI=1S/C28H45N7O7/c1-3-15-42-28(41)20(11-7-8-14-29)34-35-21(17-24(31)37)26(39)25(38)19(12-13-23(30)36)33-27(40)22(32-2)16-18-9-5-4-6-10-18/h4-6,9-10,19-22,32,34-35H,3,7-8,11-17,29H2,1-2H3,(H2,30,36)(H2,31,37)(H,33,40)/t19-,20-,21-,22-/m0/s1. The van der Waals surface area contributed by atoms with Crippen LogP contribution in [0.25, 0.3) is 0 Å². The van der Waals surface area contributed by atoms with E-state index >= 15 is 0 Å². The summed E-state index contributed by atoms with van der Waals surface area (Å²) in [6.07, 6.45) is 1.30. The van der Waals surface area contributed by atoms with Crippen molar-refractivity contribution in [1.29, 1.82) is 0 Å². The number of primary amides is 2. The minimum atomic E-state index is -1.47. The van der Waals surface area contributed by atoms with Crippen molar-refractivity contribution >= 4 is 35.3 Å². The van der Waals surface area contributed by atoms with E-state index in [2.05, 4.69) is 21.5 Å². The topological polar surface area (TPSA) is 238 Å². The molecule has 4 atom stereocenters. The molecule has 3 amide bonds. The molecule has 0 heterocycles. The second-order valence-corrected chi connectivity index (χ2v) is 9.84. The first kappa shape index (κ1) is 36.3. The molecule has 10 N–H and O–H groups in total. The molecule has 42 heavy (non-hydrogen) atoms. The monoisotopic (exact) mass is 591 g/mol. The van der Waals surface area contributed by atoms with Crippen molar-refractivity contribution in [3.8, 4) is 0 Å². The van der Waals surface area contributed by atoms with Crippen LogP contribution in [0.5, 0.6) is 0 Å². The van der Waals surface area contributed by atoms with Gasteiger partial charge in [-0.2, -0.15) is 0 Å². The van der Waals surface area contributed by atoms with Crippen LogP contribution >= 0.6 is 0 Å². The van der Waals surface area contributed by atoms with E-state index in [9.17, 15) is 28.8 Å². The van der Waals surface area contributed by atoms with Crippen molar-refractivity contribution in [2.45, 2.75) is 82.5 Å². The van der Waals surface area contributed by atoms with Gasteiger partial charge in [0.15, 0.2) is 0 Å². The number of nitrogens with one attached hydrogen (secondary N) is 4. The van der Waals surface area contributed by atoms with Crippen LogP contribution in [0.4, 0.5) is 0 Å². The van der Waals surface area contributed by atoms with Gasteiger partial charge in [0.1, 0.15) is 6.04 Å². The Morgan fingerprint density at radius 1 is 0.833 bits per heavy atom. The first-order valence-electron chi connectivity index (χ1n) is 14.1. The molecule has 0 spiro atoms. The fourth-order valence-corrected chi connectivity index (χ4v) is 4.00. The summed E-state index contributed by atoms with van der Waals surface area (Å²) in [5.74, 6) is -4.92. The summed E-state index contributed by atoms with van der Waals surface area (Å²) in [5.41, 5.74) is 22.3. The number of esters is 1. The molecular weight excluding hydrogens is 546 g/mol.